The molecule has 0 saturated heterocycles. The van der Waals surface area contributed by atoms with E-state index in [4.69, 9.17) is 12.2 Å². The van der Waals surface area contributed by atoms with E-state index in [0.717, 1.165) is 0 Å². The molecule has 0 unspecified atom stereocenters. The first-order valence-electron chi connectivity index (χ1n) is 6.33. The molecule has 0 heterocycles. The molecule has 0 saturated carbocycles. The number of carbonyl (C=O) groups excluding carboxylic acids is 1. The summed E-state index contributed by atoms with van der Waals surface area (Å²) in [5, 5.41) is 12.9. The zero-order chi connectivity index (χ0) is 16.8. The van der Waals surface area contributed by atoms with Crippen LogP contribution in [0.2, 0.25) is 0 Å². The zero-order valence-corrected chi connectivity index (χ0v) is 12.4. The van der Waals surface area contributed by atoms with Gasteiger partial charge in [-0.05, 0) is 48.6 Å². The smallest absolute Gasteiger partial charge is 0.269 e. The van der Waals surface area contributed by atoms with E-state index in [9.17, 15) is 19.3 Å². The van der Waals surface area contributed by atoms with Gasteiger partial charge in [0.2, 0.25) is 0 Å². The number of hydrogen-bond donors (Lipinski definition) is 3. The van der Waals surface area contributed by atoms with E-state index in [1.807, 2.05) is 0 Å². The lowest BCUT2D eigenvalue weighted by atomic mass is 10.2. The molecule has 0 fully saturated rings. The molecule has 9 heteroatoms. The molecule has 7 nitrogen and oxygen atoms in total. The first-order chi connectivity index (χ1) is 11.0. The Bertz CT molecular complexity index is 735. The quantitative estimate of drug-likeness (QED) is 0.451. The van der Waals surface area contributed by atoms with E-state index in [1.165, 1.54) is 48.5 Å². The van der Waals surface area contributed by atoms with E-state index in [1.54, 1.807) is 0 Å². The van der Waals surface area contributed by atoms with Gasteiger partial charge in [-0.1, -0.05) is 0 Å². The van der Waals surface area contributed by atoms with Gasteiger partial charge in [0.25, 0.3) is 11.6 Å². The van der Waals surface area contributed by atoms with Gasteiger partial charge in [-0.3, -0.25) is 31.1 Å². The van der Waals surface area contributed by atoms with Crippen LogP contribution in [0.1, 0.15) is 10.4 Å². The second kappa shape index (κ2) is 7.27. The molecule has 3 N–H and O–H groups in total. The first kappa shape index (κ1) is 16.3. The van der Waals surface area contributed by atoms with Gasteiger partial charge in [0.1, 0.15) is 5.82 Å². The van der Waals surface area contributed by atoms with Gasteiger partial charge in [-0.2, -0.15) is 0 Å². The molecule has 118 valence electrons. The van der Waals surface area contributed by atoms with Gasteiger partial charge in [0.05, 0.1) is 10.6 Å². The van der Waals surface area contributed by atoms with Crippen molar-refractivity contribution in [3.05, 3.63) is 70.0 Å². The Kier molecular flexibility index (Phi) is 5.15. The number of carbonyl (C=O) groups is 1. The van der Waals surface area contributed by atoms with Gasteiger partial charge in [0, 0.05) is 17.7 Å². The number of benzene rings is 2. The van der Waals surface area contributed by atoms with Crippen molar-refractivity contribution < 1.29 is 14.1 Å². The fourth-order valence-corrected chi connectivity index (χ4v) is 1.75. The highest BCUT2D eigenvalue weighted by molar-refractivity contribution is 7.80. The fraction of sp³-hybridized carbons (Fsp3) is 0. The molecular weight excluding hydrogens is 323 g/mol. The van der Waals surface area contributed by atoms with Crippen molar-refractivity contribution in [2.75, 3.05) is 5.43 Å². The lowest BCUT2D eigenvalue weighted by Gasteiger charge is -2.11. The number of hydrazine groups is 1. The van der Waals surface area contributed by atoms with Gasteiger partial charge in [-0.25, -0.2) is 4.39 Å². The van der Waals surface area contributed by atoms with Crippen LogP contribution in [0.25, 0.3) is 0 Å². The van der Waals surface area contributed by atoms with Crippen LogP contribution >= 0.6 is 12.2 Å². The average Bonchev–Trinajstić information content (AvgIpc) is 2.54. The molecule has 0 aromatic heterocycles. The highest BCUT2D eigenvalue weighted by atomic mass is 32.1. The summed E-state index contributed by atoms with van der Waals surface area (Å²) in [6, 6.07) is 10.6. The van der Waals surface area contributed by atoms with Crippen molar-refractivity contribution in [3.8, 4) is 0 Å². The molecule has 0 aliphatic heterocycles. The molecule has 0 bridgehead atoms. The van der Waals surface area contributed by atoms with Crippen molar-refractivity contribution in [2.45, 2.75) is 0 Å². The molecule has 2 rings (SSSR count). The number of nitrogens with zero attached hydrogens (tertiary/aromatic N) is 1. The molecule has 0 radical (unpaired) electrons. The molecule has 0 aliphatic rings. The monoisotopic (exact) mass is 334 g/mol. The molecule has 0 spiro atoms. The Morgan fingerprint density at radius 1 is 1.09 bits per heavy atom. The number of halogens is 1. The van der Waals surface area contributed by atoms with E-state index < -0.39 is 16.6 Å². The van der Waals surface area contributed by atoms with Crippen molar-refractivity contribution in [3.63, 3.8) is 0 Å². The van der Waals surface area contributed by atoms with E-state index in [0.29, 0.717) is 5.69 Å². The number of hydrogen-bond acceptors (Lipinski definition) is 5. The maximum absolute atomic E-state index is 12.8. The van der Waals surface area contributed by atoms with E-state index in [-0.39, 0.29) is 16.4 Å². The van der Waals surface area contributed by atoms with Crippen LogP contribution in [0.4, 0.5) is 15.8 Å². The summed E-state index contributed by atoms with van der Waals surface area (Å²) in [7, 11) is 0. The number of thiocarbonyl (C=S) groups is 1. The number of anilines is 1. The van der Waals surface area contributed by atoms with Gasteiger partial charge in [-0.15, -0.1) is 0 Å². The third-order valence-corrected chi connectivity index (χ3v) is 2.94. The summed E-state index contributed by atoms with van der Waals surface area (Å²) in [5.41, 5.74) is 5.99. The van der Waals surface area contributed by atoms with E-state index in [2.05, 4.69) is 16.2 Å². The number of non-ortho nitro benzene ring substituents is 1. The summed E-state index contributed by atoms with van der Waals surface area (Å²) >= 11 is 4.93. The van der Waals surface area contributed by atoms with Crippen molar-refractivity contribution >= 4 is 34.6 Å². The molecule has 0 atom stereocenters. The Morgan fingerprint density at radius 2 is 1.70 bits per heavy atom. The number of amides is 1. The Balaban J connectivity index is 1.86. The van der Waals surface area contributed by atoms with Gasteiger partial charge < -0.3 is 0 Å². The second-order valence-corrected chi connectivity index (χ2v) is 4.75. The average molecular weight is 334 g/mol. The van der Waals surface area contributed by atoms with E-state index >= 15 is 0 Å². The van der Waals surface area contributed by atoms with Crippen LogP contribution in [0.15, 0.2) is 48.5 Å². The first-order valence-corrected chi connectivity index (χ1v) is 6.74. The molecule has 0 aliphatic carbocycles. The standard InChI is InChI=1S/C14H11FN4O3S/c15-10-3-1-9(2-4-10)13(20)16-14(23)18-17-11-5-7-12(8-6-11)19(21)22/h1-8,17H,(H2,16,18,20,23). The molecular formula is C14H11FN4O3S. The minimum Gasteiger partial charge on any atom is -0.299 e. The summed E-state index contributed by atoms with van der Waals surface area (Å²) in [4.78, 5) is 21.9. The minimum absolute atomic E-state index is 0.00215. The predicted molar refractivity (Wildman–Crippen MR) is 86.3 cm³/mol. The maximum Gasteiger partial charge on any atom is 0.269 e. The van der Waals surface area contributed by atoms with Crippen molar-refractivity contribution in [1.82, 2.24) is 10.7 Å². The van der Waals surface area contributed by atoms with Gasteiger partial charge in [0.15, 0.2) is 5.11 Å². The molecule has 2 aromatic rings. The Hall–Kier alpha value is -3.07. The Labute approximate surface area is 135 Å². The molecule has 23 heavy (non-hydrogen) atoms. The van der Waals surface area contributed by atoms with Crippen LogP contribution in [0.3, 0.4) is 0 Å². The second-order valence-electron chi connectivity index (χ2n) is 4.34. The molecule has 2 aromatic carbocycles. The summed E-state index contributed by atoms with van der Waals surface area (Å²) in [6.07, 6.45) is 0. The van der Waals surface area contributed by atoms with Crippen LogP contribution in [0.5, 0.6) is 0 Å². The number of nitro benzene ring substituents is 1. The molecule has 1 amide bonds. The lowest BCUT2D eigenvalue weighted by Crippen LogP contribution is -2.41. The van der Waals surface area contributed by atoms with Gasteiger partial charge >= 0.3 is 0 Å². The summed E-state index contributed by atoms with van der Waals surface area (Å²) < 4.78 is 12.8. The predicted octanol–water partition coefficient (Wildman–Crippen LogP) is 2.37. The normalized spacial score (nSPS) is 9.78. The summed E-state index contributed by atoms with van der Waals surface area (Å²) in [6.45, 7) is 0. The van der Waals surface area contributed by atoms with Crippen LogP contribution in [-0.4, -0.2) is 15.9 Å². The minimum atomic E-state index is -0.509. The number of rotatable bonds is 4. The van der Waals surface area contributed by atoms with Crippen LogP contribution in [0, 0.1) is 15.9 Å². The maximum atomic E-state index is 12.8. The van der Waals surface area contributed by atoms with Crippen LogP contribution < -0.4 is 16.2 Å². The fourth-order valence-electron chi connectivity index (χ4n) is 1.60. The number of nitrogens with one attached hydrogen (secondary N) is 3. The third kappa shape index (κ3) is 4.71. The highest BCUT2D eigenvalue weighted by Gasteiger charge is 2.08. The summed E-state index contributed by atoms with van der Waals surface area (Å²) in [5.74, 6) is -0.935. The third-order valence-electron chi connectivity index (χ3n) is 2.73. The number of nitro groups is 1. The zero-order valence-electron chi connectivity index (χ0n) is 11.6. The topological polar surface area (TPSA) is 96.3 Å². The Morgan fingerprint density at radius 3 is 2.26 bits per heavy atom. The lowest BCUT2D eigenvalue weighted by molar-refractivity contribution is -0.384. The van der Waals surface area contributed by atoms with Crippen LogP contribution in [-0.2, 0) is 0 Å². The SMILES string of the molecule is O=C(NC(=S)NNc1ccc([N+](=O)[O-])cc1)c1ccc(F)cc1. The van der Waals surface area contributed by atoms with Crippen molar-refractivity contribution in [2.24, 2.45) is 0 Å². The van der Waals surface area contributed by atoms with Crippen molar-refractivity contribution in [1.29, 1.82) is 0 Å². The largest absolute Gasteiger partial charge is 0.299 e. The highest BCUT2D eigenvalue weighted by Crippen LogP contribution is 2.14.